The molecule has 0 atom stereocenters. The number of carbonyl (C=O) groups excluding carboxylic acids is 1. The van der Waals surface area contributed by atoms with E-state index in [1.165, 1.54) is 0 Å². The fourth-order valence-electron chi connectivity index (χ4n) is 4.57. The van der Waals surface area contributed by atoms with Gasteiger partial charge in [0, 0.05) is 38.6 Å². The lowest BCUT2D eigenvalue weighted by molar-refractivity contribution is -0.132. The summed E-state index contributed by atoms with van der Waals surface area (Å²) in [5.41, 5.74) is 1.83. The molecule has 11 heteroatoms. The van der Waals surface area contributed by atoms with Crippen LogP contribution in [0.4, 0.5) is 5.95 Å². The molecule has 1 saturated heterocycles. The number of nitrogens with zero attached hydrogens (tertiary/aromatic N) is 7. The summed E-state index contributed by atoms with van der Waals surface area (Å²) in [6.07, 6.45) is 3.39. The molecule has 0 unspecified atom stereocenters. The number of hydrogen-bond acceptors (Lipinski definition) is 8. The number of amides is 1. The van der Waals surface area contributed by atoms with E-state index in [4.69, 9.17) is 16.3 Å². The third-order valence-corrected chi connectivity index (χ3v) is 7.04. The van der Waals surface area contributed by atoms with Crippen LogP contribution in [-0.4, -0.2) is 61.9 Å². The molecule has 2 aromatic heterocycles. The number of hydrogen-bond donors (Lipinski definition) is 0. The SMILES string of the molecule is O=C(Cn1nnc2ccc(-c3ccc(Oc4ccccc4Cl)cc3)cc2c1=O)N1CCN(c2ncccn2)CC1. The predicted molar refractivity (Wildman–Crippen MR) is 152 cm³/mol. The molecule has 0 N–H and O–H groups in total. The smallest absolute Gasteiger partial charge is 0.278 e. The highest BCUT2D eigenvalue weighted by atomic mass is 35.5. The van der Waals surface area contributed by atoms with Crippen LogP contribution >= 0.6 is 11.6 Å². The molecule has 0 aliphatic carbocycles. The third-order valence-electron chi connectivity index (χ3n) is 6.73. The summed E-state index contributed by atoms with van der Waals surface area (Å²) < 4.78 is 7.00. The number of anilines is 1. The summed E-state index contributed by atoms with van der Waals surface area (Å²) in [6.45, 7) is 2.06. The molecule has 40 heavy (non-hydrogen) atoms. The Morgan fingerprint density at radius 3 is 2.35 bits per heavy atom. The van der Waals surface area contributed by atoms with Crippen molar-refractivity contribution in [2.45, 2.75) is 6.54 Å². The van der Waals surface area contributed by atoms with E-state index in [1.807, 2.05) is 47.4 Å². The highest BCUT2D eigenvalue weighted by Crippen LogP contribution is 2.30. The zero-order valence-corrected chi connectivity index (χ0v) is 22.1. The number of carbonyl (C=O) groups is 1. The predicted octanol–water partition coefficient (Wildman–Crippen LogP) is 4.04. The molecule has 1 fully saturated rings. The number of aromatic nitrogens is 5. The first-order valence-corrected chi connectivity index (χ1v) is 13.1. The monoisotopic (exact) mass is 553 g/mol. The van der Waals surface area contributed by atoms with E-state index in [-0.39, 0.29) is 18.0 Å². The van der Waals surface area contributed by atoms with Crippen molar-refractivity contribution in [3.63, 3.8) is 0 Å². The Morgan fingerprint density at radius 1 is 0.875 bits per heavy atom. The van der Waals surface area contributed by atoms with Gasteiger partial charge in [-0.1, -0.05) is 47.1 Å². The van der Waals surface area contributed by atoms with Gasteiger partial charge in [-0.2, -0.15) is 0 Å². The Hall–Kier alpha value is -4.83. The Balaban J connectivity index is 1.16. The van der Waals surface area contributed by atoms with Gasteiger partial charge in [0.1, 0.15) is 23.6 Å². The van der Waals surface area contributed by atoms with Crippen LogP contribution in [0.5, 0.6) is 11.5 Å². The van der Waals surface area contributed by atoms with E-state index in [2.05, 4.69) is 20.3 Å². The average Bonchev–Trinajstić information content (AvgIpc) is 3.00. The Bertz CT molecular complexity index is 1720. The van der Waals surface area contributed by atoms with E-state index in [1.54, 1.807) is 47.6 Å². The van der Waals surface area contributed by atoms with Crippen molar-refractivity contribution >= 4 is 34.4 Å². The van der Waals surface area contributed by atoms with Crippen molar-refractivity contribution in [2.75, 3.05) is 31.1 Å². The van der Waals surface area contributed by atoms with Crippen LogP contribution in [0.3, 0.4) is 0 Å². The quantitative estimate of drug-likeness (QED) is 0.310. The first kappa shape index (κ1) is 25.4. The lowest BCUT2D eigenvalue weighted by atomic mass is 10.0. The first-order chi connectivity index (χ1) is 19.5. The topological polar surface area (TPSA) is 106 Å². The van der Waals surface area contributed by atoms with Crippen LogP contribution in [-0.2, 0) is 11.3 Å². The summed E-state index contributed by atoms with van der Waals surface area (Å²) in [4.78, 5) is 38.6. The minimum absolute atomic E-state index is 0.179. The largest absolute Gasteiger partial charge is 0.456 e. The molecule has 3 heterocycles. The molecular formula is C29H24ClN7O3. The number of halogens is 1. The number of benzene rings is 3. The summed E-state index contributed by atoms with van der Waals surface area (Å²) in [5, 5.41) is 9.11. The zero-order valence-electron chi connectivity index (χ0n) is 21.4. The molecule has 0 bridgehead atoms. The molecule has 200 valence electrons. The van der Waals surface area contributed by atoms with E-state index < -0.39 is 0 Å². The van der Waals surface area contributed by atoms with E-state index in [9.17, 15) is 9.59 Å². The minimum atomic E-state index is -0.366. The van der Waals surface area contributed by atoms with Crippen LogP contribution in [0, 0.1) is 0 Å². The minimum Gasteiger partial charge on any atom is -0.456 e. The molecule has 1 aliphatic heterocycles. The van der Waals surface area contributed by atoms with Crippen molar-refractivity contribution in [1.29, 1.82) is 0 Å². The summed E-state index contributed by atoms with van der Waals surface area (Å²) in [7, 11) is 0. The van der Waals surface area contributed by atoms with Crippen molar-refractivity contribution in [3.05, 3.63) is 101 Å². The van der Waals surface area contributed by atoms with Gasteiger partial charge < -0.3 is 14.5 Å². The van der Waals surface area contributed by atoms with Gasteiger partial charge >= 0.3 is 0 Å². The van der Waals surface area contributed by atoms with Crippen LogP contribution in [0.2, 0.25) is 5.02 Å². The van der Waals surface area contributed by atoms with Crippen LogP contribution in [0.1, 0.15) is 0 Å². The zero-order chi connectivity index (χ0) is 27.5. The van der Waals surface area contributed by atoms with Crippen molar-refractivity contribution in [1.82, 2.24) is 29.9 Å². The fraction of sp³-hybridized carbons (Fsp3) is 0.172. The van der Waals surface area contributed by atoms with Crippen LogP contribution < -0.4 is 15.2 Å². The van der Waals surface area contributed by atoms with Crippen molar-refractivity contribution in [3.8, 4) is 22.6 Å². The van der Waals surface area contributed by atoms with Gasteiger partial charge in [-0.3, -0.25) is 9.59 Å². The van der Waals surface area contributed by atoms with Gasteiger partial charge in [-0.25, -0.2) is 14.6 Å². The fourth-order valence-corrected chi connectivity index (χ4v) is 4.74. The lowest BCUT2D eigenvalue weighted by Gasteiger charge is -2.34. The Labute approximate surface area is 234 Å². The number of fused-ring (bicyclic) bond motifs is 1. The summed E-state index contributed by atoms with van der Waals surface area (Å²) in [6, 6.07) is 21.9. The van der Waals surface area contributed by atoms with Gasteiger partial charge in [-0.05, 0) is 53.6 Å². The third kappa shape index (κ3) is 5.34. The molecule has 1 amide bonds. The Morgan fingerprint density at radius 2 is 1.60 bits per heavy atom. The molecule has 6 rings (SSSR count). The average molecular weight is 554 g/mol. The van der Waals surface area contributed by atoms with Gasteiger partial charge in [0.2, 0.25) is 11.9 Å². The summed E-state index contributed by atoms with van der Waals surface area (Å²) >= 11 is 6.19. The molecular weight excluding hydrogens is 530 g/mol. The number of rotatable bonds is 6. The number of ether oxygens (including phenoxy) is 1. The highest BCUT2D eigenvalue weighted by molar-refractivity contribution is 6.32. The Kier molecular flexibility index (Phi) is 7.07. The van der Waals surface area contributed by atoms with Gasteiger partial charge in [0.25, 0.3) is 5.56 Å². The highest BCUT2D eigenvalue weighted by Gasteiger charge is 2.23. The number of piperazine rings is 1. The molecule has 0 spiro atoms. The number of para-hydroxylation sites is 1. The molecule has 0 radical (unpaired) electrons. The molecule has 10 nitrogen and oxygen atoms in total. The summed E-state index contributed by atoms with van der Waals surface area (Å²) in [5.74, 6) is 1.67. The maximum atomic E-state index is 13.3. The second-order valence-electron chi connectivity index (χ2n) is 9.26. The maximum Gasteiger partial charge on any atom is 0.278 e. The molecule has 1 aliphatic rings. The van der Waals surface area contributed by atoms with Crippen molar-refractivity contribution in [2.24, 2.45) is 0 Å². The van der Waals surface area contributed by atoms with Crippen LogP contribution in [0.25, 0.3) is 22.0 Å². The second kappa shape index (κ2) is 11.1. The van der Waals surface area contributed by atoms with Crippen LogP contribution in [0.15, 0.2) is 90.0 Å². The van der Waals surface area contributed by atoms with E-state index in [0.29, 0.717) is 59.6 Å². The second-order valence-corrected chi connectivity index (χ2v) is 9.66. The van der Waals surface area contributed by atoms with Gasteiger partial charge in [-0.15, -0.1) is 5.10 Å². The first-order valence-electron chi connectivity index (χ1n) is 12.8. The molecule has 5 aromatic rings. The van der Waals surface area contributed by atoms with Crippen molar-refractivity contribution < 1.29 is 9.53 Å². The van der Waals surface area contributed by atoms with E-state index in [0.717, 1.165) is 15.8 Å². The van der Waals surface area contributed by atoms with E-state index >= 15 is 0 Å². The molecule has 0 saturated carbocycles. The van der Waals surface area contributed by atoms with Gasteiger partial charge in [0.05, 0.1) is 10.4 Å². The lowest BCUT2D eigenvalue weighted by Crippen LogP contribution is -2.50. The molecule has 3 aromatic carbocycles. The normalized spacial score (nSPS) is 13.4. The maximum absolute atomic E-state index is 13.3. The van der Waals surface area contributed by atoms with Gasteiger partial charge in [0.15, 0.2) is 0 Å². The standard InChI is InChI=1S/C29H24ClN7O3/c30-24-4-1-2-5-26(24)40-22-9-6-20(7-10-22)21-8-11-25-23(18-21)28(39)37(34-33-25)19-27(38)35-14-16-36(17-15-35)29-31-12-3-13-32-29/h1-13,18H,14-17,19H2.